The molecular formula is C21H26N6O2. The summed E-state index contributed by atoms with van der Waals surface area (Å²) in [6.07, 6.45) is 4.60. The molecule has 3 heterocycles. The van der Waals surface area contributed by atoms with Crippen LogP contribution in [0.1, 0.15) is 18.4 Å². The van der Waals surface area contributed by atoms with Crippen LogP contribution in [0.15, 0.2) is 36.8 Å². The van der Waals surface area contributed by atoms with Crippen molar-refractivity contribution in [1.82, 2.24) is 24.6 Å². The first-order chi connectivity index (χ1) is 14.1. The number of benzene rings is 1. The molecule has 1 aliphatic rings. The summed E-state index contributed by atoms with van der Waals surface area (Å²) in [5.41, 5.74) is 1.99. The highest BCUT2D eigenvalue weighted by Gasteiger charge is 2.23. The van der Waals surface area contributed by atoms with Crippen LogP contribution in [0.3, 0.4) is 0 Å². The van der Waals surface area contributed by atoms with Gasteiger partial charge < -0.3 is 14.5 Å². The van der Waals surface area contributed by atoms with Crippen molar-refractivity contribution >= 4 is 22.8 Å². The SMILES string of the molecule is Cc1cccc(OCCCC(=O)N2CCN(c3ncnc4c3cnn4C)CC2)c1. The monoisotopic (exact) mass is 394 g/mol. The summed E-state index contributed by atoms with van der Waals surface area (Å²) in [5, 5.41) is 5.22. The first kappa shape index (κ1) is 19.2. The fourth-order valence-corrected chi connectivity index (χ4v) is 3.65. The fraction of sp³-hybridized carbons (Fsp3) is 0.429. The Morgan fingerprint density at radius 1 is 1.17 bits per heavy atom. The maximum Gasteiger partial charge on any atom is 0.222 e. The summed E-state index contributed by atoms with van der Waals surface area (Å²) in [6.45, 7) is 5.50. The Labute approximate surface area is 170 Å². The van der Waals surface area contributed by atoms with Gasteiger partial charge in [-0.15, -0.1) is 0 Å². The van der Waals surface area contributed by atoms with Crippen LogP contribution < -0.4 is 9.64 Å². The van der Waals surface area contributed by atoms with E-state index in [-0.39, 0.29) is 5.91 Å². The van der Waals surface area contributed by atoms with Gasteiger partial charge in [-0.05, 0) is 31.0 Å². The minimum atomic E-state index is 0.187. The molecule has 0 saturated carbocycles. The lowest BCUT2D eigenvalue weighted by atomic mass is 10.2. The molecule has 1 amide bonds. The van der Waals surface area contributed by atoms with Crippen LogP contribution in [-0.2, 0) is 11.8 Å². The molecule has 0 bridgehead atoms. The lowest BCUT2D eigenvalue weighted by molar-refractivity contribution is -0.131. The van der Waals surface area contributed by atoms with E-state index in [9.17, 15) is 4.79 Å². The molecule has 2 aromatic heterocycles. The van der Waals surface area contributed by atoms with E-state index >= 15 is 0 Å². The Bertz CT molecular complexity index is 994. The van der Waals surface area contributed by atoms with Gasteiger partial charge in [-0.3, -0.25) is 9.48 Å². The van der Waals surface area contributed by atoms with Gasteiger partial charge in [-0.1, -0.05) is 12.1 Å². The van der Waals surface area contributed by atoms with E-state index in [1.165, 1.54) is 5.56 Å². The molecule has 1 fully saturated rings. The summed E-state index contributed by atoms with van der Waals surface area (Å²) in [5.74, 6) is 1.94. The van der Waals surface area contributed by atoms with Gasteiger partial charge in [0.25, 0.3) is 0 Å². The molecule has 8 heteroatoms. The number of nitrogens with zero attached hydrogens (tertiary/aromatic N) is 6. The first-order valence-electron chi connectivity index (χ1n) is 9.97. The molecule has 152 valence electrons. The predicted octanol–water partition coefficient (Wildman–Crippen LogP) is 2.18. The molecule has 0 unspecified atom stereocenters. The van der Waals surface area contributed by atoms with Crippen LogP contribution >= 0.6 is 0 Å². The van der Waals surface area contributed by atoms with E-state index in [0.29, 0.717) is 26.1 Å². The lowest BCUT2D eigenvalue weighted by Gasteiger charge is -2.35. The van der Waals surface area contributed by atoms with Crippen molar-refractivity contribution in [3.63, 3.8) is 0 Å². The number of aryl methyl sites for hydroxylation is 2. The maximum atomic E-state index is 12.5. The Morgan fingerprint density at radius 3 is 2.79 bits per heavy atom. The maximum absolute atomic E-state index is 12.5. The van der Waals surface area contributed by atoms with Gasteiger partial charge in [0.2, 0.25) is 5.91 Å². The first-order valence-corrected chi connectivity index (χ1v) is 9.97. The second-order valence-electron chi connectivity index (χ2n) is 7.34. The largest absolute Gasteiger partial charge is 0.494 e. The normalized spacial score (nSPS) is 14.4. The zero-order valence-electron chi connectivity index (χ0n) is 16.9. The number of anilines is 1. The number of ether oxygens (including phenoxy) is 1. The van der Waals surface area contributed by atoms with Crippen LogP contribution in [0.5, 0.6) is 5.75 Å². The van der Waals surface area contributed by atoms with Crippen molar-refractivity contribution in [3.05, 3.63) is 42.4 Å². The third-order valence-electron chi connectivity index (χ3n) is 5.23. The topological polar surface area (TPSA) is 76.4 Å². The summed E-state index contributed by atoms with van der Waals surface area (Å²) in [6, 6.07) is 7.97. The highest BCUT2D eigenvalue weighted by molar-refractivity contribution is 5.86. The average Bonchev–Trinajstić information content (AvgIpc) is 3.12. The third kappa shape index (κ3) is 4.31. The van der Waals surface area contributed by atoms with Crippen LogP contribution in [0.2, 0.25) is 0 Å². The standard InChI is InChI=1S/C21H26N6O2/c1-16-5-3-6-17(13-16)29-12-4-7-19(28)26-8-10-27(11-9-26)21-18-14-24-25(2)20(18)22-15-23-21/h3,5-6,13-15H,4,7-12H2,1-2H3. The molecule has 1 aliphatic heterocycles. The Morgan fingerprint density at radius 2 is 2.00 bits per heavy atom. The Hall–Kier alpha value is -3.16. The van der Waals surface area contributed by atoms with Gasteiger partial charge in [0.05, 0.1) is 18.2 Å². The van der Waals surface area contributed by atoms with E-state index in [1.54, 1.807) is 17.2 Å². The predicted molar refractivity (Wildman–Crippen MR) is 111 cm³/mol. The molecule has 1 aromatic carbocycles. The molecule has 4 rings (SSSR count). The average molecular weight is 394 g/mol. The molecule has 29 heavy (non-hydrogen) atoms. The molecule has 8 nitrogen and oxygen atoms in total. The second kappa shape index (κ2) is 8.46. The smallest absolute Gasteiger partial charge is 0.222 e. The number of hydrogen-bond acceptors (Lipinski definition) is 6. The summed E-state index contributed by atoms with van der Waals surface area (Å²) in [7, 11) is 1.87. The summed E-state index contributed by atoms with van der Waals surface area (Å²) < 4.78 is 7.49. The van der Waals surface area contributed by atoms with Crippen LogP contribution in [0, 0.1) is 6.92 Å². The molecule has 0 atom stereocenters. The Kier molecular flexibility index (Phi) is 5.59. The van der Waals surface area contributed by atoms with Crippen molar-refractivity contribution < 1.29 is 9.53 Å². The molecule has 3 aromatic rings. The summed E-state index contributed by atoms with van der Waals surface area (Å²) in [4.78, 5) is 25.4. The van der Waals surface area contributed by atoms with Gasteiger partial charge in [0.15, 0.2) is 5.65 Å². The molecule has 0 radical (unpaired) electrons. The molecule has 0 spiro atoms. The van der Waals surface area contributed by atoms with Crippen molar-refractivity contribution in [2.24, 2.45) is 7.05 Å². The molecule has 1 saturated heterocycles. The highest BCUT2D eigenvalue weighted by atomic mass is 16.5. The van der Waals surface area contributed by atoms with Gasteiger partial charge in [-0.25, -0.2) is 9.97 Å². The number of amides is 1. The van der Waals surface area contributed by atoms with Crippen molar-refractivity contribution in [3.8, 4) is 5.75 Å². The van der Waals surface area contributed by atoms with Crippen LogP contribution in [0.4, 0.5) is 5.82 Å². The Balaban J connectivity index is 1.25. The van der Waals surface area contributed by atoms with Crippen molar-refractivity contribution in [2.75, 3.05) is 37.7 Å². The van der Waals surface area contributed by atoms with E-state index in [0.717, 1.165) is 42.1 Å². The minimum absolute atomic E-state index is 0.187. The van der Waals surface area contributed by atoms with E-state index in [2.05, 4.69) is 20.0 Å². The second-order valence-corrected chi connectivity index (χ2v) is 7.34. The van der Waals surface area contributed by atoms with Gasteiger partial charge in [-0.2, -0.15) is 5.10 Å². The number of aromatic nitrogens is 4. The van der Waals surface area contributed by atoms with E-state index in [1.807, 2.05) is 43.1 Å². The minimum Gasteiger partial charge on any atom is -0.494 e. The fourth-order valence-electron chi connectivity index (χ4n) is 3.65. The number of fused-ring (bicyclic) bond motifs is 1. The quantitative estimate of drug-likeness (QED) is 0.597. The van der Waals surface area contributed by atoms with E-state index in [4.69, 9.17) is 4.74 Å². The number of carbonyl (C=O) groups excluding carboxylic acids is 1. The van der Waals surface area contributed by atoms with Crippen LogP contribution in [-0.4, -0.2) is 63.3 Å². The molecule has 0 N–H and O–H groups in total. The number of carbonyl (C=O) groups is 1. The van der Waals surface area contributed by atoms with Crippen molar-refractivity contribution in [1.29, 1.82) is 0 Å². The van der Waals surface area contributed by atoms with Gasteiger partial charge in [0.1, 0.15) is 17.9 Å². The third-order valence-corrected chi connectivity index (χ3v) is 5.23. The van der Waals surface area contributed by atoms with Gasteiger partial charge >= 0.3 is 0 Å². The number of rotatable bonds is 6. The van der Waals surface area contributed by atoms with E-state index < -0.39 is 0 Å². The number of piperazine rings is 1. The zero-order chi connectivity index (χ0) is 20.2. The highest BCUT2D eigenvalue weighted by Crippen LogP contribution is 2.23. The molecule has 0 aliphatic carbocycles. The molecular weight excluding hydrogens is 368 g/mol. The zero-order valence-corrected chi connectivity index (χ0v) is 16.9. The van der Waals surface area contributed by atoms with Crippen LogP contribution in [0.25, 0.3) is 11.0 Å². The number of hydrogen-bond donors (Lipinski definition) is 0. The van der Waals surface area contributed by atoms with Crippen molar-refractivity contribution in [2.45, 2.75) is 19.8 Å². The van der Waals surface area contributed by atoms with Gasteiger partial charge in [0, 0.05) is 39.6 Å². The lowest BCUT2D eigenvalue weighted by Crippen LogP contribution is -2.49. The summed E-state index contributed by atoms with van der Waals surface area (Å²) >= 11 is 0.